The van der Waals surface area contributed by atoms with Gasteiger partial charge in [-0.15, -0.1) is 0 Å². The molecule has 0 aromatic heterocycles. The summed E-state index contributed by atoms with van der Waals surface area (Å²) in [5, 5.41) is 0. The number of rotatable bonds is 0. The second kappa shape index (κ2) is 2.51. The summed E-state index contributed by atoms with van der Waals surface area (Å²) in [7, 11) is 0. The maximum atomic E-state index is 5.65. The smallest absolute Gasteiger partial charge is 0.149 e. The fraction of sp³-hybridized carbons (Fsp3) is 0.250. The molecular formula is C4H4BrClN2. The minimum Gasteiger partial charge on any atom is -0.292 e. The molecule has 0 radical (unpaired) electrons. The summed E-state index contributed by atoms with van der Waals surface area (Å²) in [5.74, 6) is 0. The van der Waals surface area contributed by atoms with Crippen LogP contribution in [-0.4, -0.2) is 15.6 Å². The van der Waals surface area contributed by atoms with E-state index in [1.807, 2.05) is 0 Å². The molecule has 0 bridgehead atoms. The van der Waals surface area contributed by atoms with Crippen LogP contribution in [0.4, 0.5) is 0 Å². The van der Waals surface area contributed by atoms with Crippen LogP contribution in [0.5, 0.6) is 0 Å². The summed E-state index contributed by atoms with van der Waals surface area (Å²) < 4.78 is 1.68. The summed E-state index contributed by atoms with van der Waals surface area (Å²) >= 11 is 8.82. The van der Waals surface area contributed by atoms with E-state index >= 15 is 0 Å². The highest BCUT2D eigenvalue weighted by Gasteiger charge is 2.06. The Kier molecular flexibility index (Phi) is 1.91. The summed E-state index contributed by atoms with van der Waals surface area (Å²) in [6, 6.07) is 0. The van der Waals surface area contributed by atoms with Gasteiger partial charge in [0.05, 0.1) is 16.1 Å². The molecule has 8 heavy (non-hydrogen) atoms. The summed E-state index contributed by atoms with van der Waals surface area (Å²) in [6.45, 7) is 0. The molecule has 0 saturated heterocycles. The fourth-order valence-electron chi connectivity index (χ4n) is 0.369. The molecule has 0 N–H and O–H groups in total. The lowest BCUT2D eigenvalue weighted by atomic mass is 10.6. The third kappa shape index (κ3) is 1.23. The zero-order valence-electron chi connectivity index (χ0n) is 3.96. The van der Waals surface area contributed by atoms with Crippen molar-refractivity contribution in [2.75, 3.05) is 0 Å². The molecule has 0 amide bonds. The second-order valence-electron chi connectivity index (χ2n) is 1.31. The molecule has 4 heteroatoms. The lowest BCUT2D eigenvalue weighted by Gasteiger charge is -2.15. The quantitative estimate of drug-likeness (QED) is 0.326. The first kappa shape index (κ1) is 6.11. The van der Waals surface area contributed by atoms with E-state index < -0.39 is 0 Å². The molecule has 0 fully saturated rings. The van der Waals surface area contributed by atoms with Crippen LogP contribution >= 0.6 is 27.7 Å². The van der Waals surface area contributed by atoms with E-state index in [0.717, 1.165) is 0 Å². The Morgan fingerprint density at radius 2 is 2.50 bits per heavy atom. The highest BCUT2D eigenvalue weighted by atomic mass is 79.9. The molecule has 2 nitrogen and oxygen atoms in total. The molecule has 44 valence electrons. The first-order chi connectivity index (χ1) is 3.80. The van der Waals surface area contributed by atoms with Crippen LogP contribution < -0.4 is 0 Å². The lowest BCUT2D eigenvalue weighted by Crippen LogP contribution is -2.18. The number of aliphatic imine (C=N–C) groups is 1. The number of alkyl halides is 1. The third-order valence-corrected chi connectivity index (χ3v) is 1.98. The highest BCUT2D eigenvalue weighted by molar-refractivity contribution is 9.07. The molecule has 1 rings (SSSR count). The van der Waals surface area contributed by atoms with Gasteiger partial charge in [-0.3, -0.25) is 8.92 Å². The minimum atomic E-state index is -0.153. The predicted molar refractivity (Wildman–Crippen MR) is 38.0 cm³/mol. The van der Waals surface area contributed by atoms with E-state index in [4.69, 9.17) is 11.6 Å². The SMILES string of the molecule is ClC1C=NC=CN1Br. The second-order valence-corrected chi connectivity index (χ2v) is 2.58. The van der Waals surface area contributed by atoms with Crippen LogP contribution in [-0.2, 0) is 0 Å². The number of hydrogen-bond donors (Lipinski definition) is 0. The monoisotopic (exact) mass is 194 g/mol. The molecule has 0 aromatic rings. The first-order valence-electron chi connectivity index (χ1n) is 2.09. The minimum absolute atomic E-state index is 0.153. The summed E-state index contributed by atoms with van der Waals surface area (Å²) in [5.41, 5.74) is -0.153. The van der Waals surface area contributed by atoms with Crippen molar-refractivity contribution >= 4 is 34.0 Å². The Bertz CT molecular complexity index is 118. The van der Waals surface area contributed by atoms with Gasteiger partial charge in [-0.1, -0.05) is 11.6 Å². The van der Waals surface area contributed by atoms with E-state index in [-0.39, 0.29) is 5.50 Å². The van der Waals surface area contributed by atoms with Gasteiger partial charge < -0.3 is 0 Å². The van der Waals surface area contributed by atoms with Crippen molar-refractivity contribution in [2.24, 2.45) is 4.99 Å². The first-order valence-corrected chi connectivity index (χ1v) is 3.23. The van der Waals surface area contributed by atoms with Crippen LogP contribution in [0.1, 0.15) is 0 Å². The Hall–Kier alpha value is -0.0200. The van der Waals surface area contributed by atoms with Crippen molar-refractivity contribution in [1.82, 2.24) is 3.93 Å². The van der Waals surface area contributed by atoms with Crippen LogP contribution in [0.25, 0.3) is 0 Å². The average Bonchev–Trinajstić information content (AvgIpc) is 1.77. The van der Waals surface area contributed by atoms with Gasteiger partial charge >= 0.3 is 0 Å². The molecule has 0 saturated carbocycles. The molecule has 1 atom stereocenters. The Morgan fingerprint density at radius 3 is 2.88 bits per heavy atom. The van der Waals surface area contributed by atoms with Crippen molar-refractivity contribution in [3.05, 3.63) is 12.4 Å². The molecule has 1 heterocycles. The zero-order valence-corrected chi connectivity index (χ0v) is 6.30. The van der Waals surface area contributed by atoms with Crippen molar-refractivity contribution in [3.63, 3.8) is 0 Å². The fourth-order valence-corrected chi connectivity index (χ4v) is 0.710. The summed E-state index contributed by atoms with van der Waals surface area (Å²) in [4.78, 5) is 3.80. The third-order valence-electron chi connectivity index (χ3n) is 0.740. The highest BCUT2D eigenvalue weighted by Crippen LogP contribution is 2.11. The number of hydrogen-bond acceptors (Lipinski definition) is 2. The Balaban J connectivity index is 2.59. The molecule has 1 aliphatic heterocycles. The van der Waals surface area contributed by atoms with Gasteiger partial charge in [0.1, 0.15) is 5.50 Å². The van der Waals surface area contributed by atoms with Crippen molar-refractivity contribution in [1.29, 1.82) is 0 Å². The van der Waals surface area contributed by atoms with Gasteiger partial charge in [0.25, 0.3) is 0 Å². The maximum absolute atomic E-state index is 5.65. The van der Waals surface area contributed by atoms with E-state index in [9.17, 15) is 0 Å². The largest absolute Gasteiger partial charge is 0.292 e. The van der Waals surface area contributed by atoms with Gasteiger partial charge in [-0.05, 0) is 0 Å². The number of halogens is 2. The van der Waals surface area contributed by atoms with Crippen molar-refractivity contribution in [2.45, 2.75) is 5.50 Å². The standard InChI is InChI=1S/C4H4BrClN2/c5-8-2-1-7-3-4(8)6/h1-4H. The average molecular weight is 195 g/mol. The van der Waals surface area contributed by atoms with E-state index in [2.05, 4.69) is 21.1 Å². The van der Waals surface area contributed by atoms with E-state index in [0.29, 0.717) is 0 Å². The maximum Gasteiger partial charge on any atom is 0.149 e. The van der Waals surface area contributed by atoms with Crippen molar-refractivity contribution in [3.8, 4) is 0 Å². The normalized spacial score (nSPS) is 26.8. The van der Waals surface area contributed by atoms with E-state index in [1.165, 1.54) is 0 Å². The van der Waals surface area contributed by atoms with Crippen LogP contribution in [0.2, 0.25) is 0 Å². The molecule has 0 aliphatic carbocycles. The van der Waals surface area contributed by atoms with Gasteiger partial charge in [0, 0.05) is 18.6 Å². The van der Waals surface area contributed by atoms with Crippen LogP contribution in [0, 0.1) is 0 Å². The van der Waals surface area contributed by atoms with E-state index in [1.54, 1.807) is 22.5 Å². The van der Waals surface area contributed by atoms with Gasteiger partial charge in [0.2, 0.25) is 0 Å². The molecule has 0 aromatic carbocycles. The molecule has 1 unspecified atom stereocenters. The van der Waals surface area contributed by atoms with Crippen LogP contribution in [0.15, 0.2) is 17.4 Å². The predicted octanol–water partition coefficient (Wildman–Crippen LogP) is 1.72. The zero-order chi connectivity index (χ0) is 5.98. The van der Waals surface area contributed by atoms with Gasteiger partial charge in [-0.2, -0.15) is 0 Å². The Labute approximate surface area is 61.2 Å². The van der Waals surface area contributed by atoms with Crippen LogP contribution in [0.3, 0.4) is 0 Å². The Morgan fingerprint density at radius 1 is 1.75 bits per heavy atom. The van der Waals surface area contributed by atoms with Gasteiger partial charge in [-0.25, -0.2) is 0 Å². The van der Waals surface area contributed by atoms with Gasteiger partial charge in [0.15, 0.2) is 0 Å². The summed E-state index contributed by atoms with van der Waals surface area (Å²) in [6.07, 6.45) is 5.04. The topological polar surface area (TPSA) is 15.6 Å². The molecular weight excluding hydrogens is 191 g/mol. The molecule has 1 aliphatic rings. The van der Waals surface area contributed by atoms with Crippen molar-refractivity contribution < 1.29 is 0 Å². The number of nitrogens with zero attached hydrogens (tertiary/aromatic N) is 2. The lowest BCUT2D eigenvalue weighted by molar-refractivity contribution is 0.690. The molecule has 0 spiro atoms.